The maximum atomic E-state index is 13.9. The topological polar surface area (TPSA) is 371 Å². The summed E-state index contributed by atoms with van der Waals surface area (Å²) >= 11 is 1.87. The zero-order valence-electron chi connectivity index (χ0n) is 59.1. The molecule has 29 nitrogen and oxygen atoms in total. The molecular weight excluding hydrogens is 1320 g/mol. The minimum atomic E-state index is -1.49. The minimum Gasteiger partial charge on any atom is -0.545 e. The smallest absolute Gasteiger partial charge is 0.315 e. The number of thioether (sulfide) groups is 1. The van der Waals surface area contributed by atoms with Gasteiger partial charge in [-0.3, -0.25) is 29.0 Å². The number of amides is 6. The molecule has 0 spiro atoms. The third-order valence-corrected chi connectivity index (χ3v) is 18.6. The van der Waals surface area contributed by atoms with Crippen molar-refractivity contribution in [2.24, 2.45) is 15.5 Å². The number of fused-ring (bicyclic) bond motifs is 3. The lowest BCUT2D eigenvalue weighted by atomic mass is 9.75. The molecule has 6 N–H and O–H groups in total. The number of ether oxygens (including phenoxy) is 7. The normalized spacial score (nSPS) is 16.4. The lowest BCUT2D eigenvalue weighted by molar-refractivity contribution is -0.255. The van der Waals surface area contributed by atoms with Gasteiger partial charge >= 0.3 is 6.03 Å². The molecule has 552 valence electrons. The molecule has 7 rings (SSSR count). The first-order valence-electron chi connectivity index (χ1n) is 34.6. The van der Waals surface area contributed by atoms with Gasteiger partial charge in [-0.15, -0.1) is 0 Å². The highest BCUT2D eigenvalue weighted by Gasteiger charge is 2.42. The molecule has 3 aliphatic heterocycles. The van der Waals surface area contributed by atoms with Gasteiger partial charge in [-0.05, 0) is 66.1 Å². The van der Waals surface area contributed by atoms with Crippen LogP contribution in [-0.4, -0.2) is 247 Å². The number of carboxylic acid groups (broad SMARTS) is 1. The molecule has 5 aliphatic rings. The van der Waals surface area contributed by atoms with Crippen LogP contribution in [0.25, 0.3) is 43.9 Å². The number of aliphatic hydroxyl groups excluding tert-OH is 1. The van der Waals surface area contributed by atoms with Crippen LogP contribution in [0.4, 0.5) is 10.5 Å². The van der Waals surface area contributed by atoms with E-state index in [0.29, 0.717) is 116 Å². The second-order valence-corrected chi connectivity index (χ2v) is 27.1. The first kappa shape index (κ1) is 80.1. The van der Waals surface area contributed by atoms with E-state index in [1.165, 1.54) is 17.0 Å². The summed E-state index contributed by atoms with van der Waals surface area (Å²) in [4.78, 5) is 102. The molecule has 2 aromatic carbocycles. The Bertz CT molecular complexity index is 3590. The van der Waals surface area contributed by atoms with E-state index in [9.17, 15) is 43.8 Å². The molecule has 0 bridgehead atoms. The zero-order chi connectivity index (χ0) is 72.5. The number of allylic oxidation sites excluding steroid dienone is 2. The van der Waals surface area contributed by atoms with Gasteiger partial charge < -0.3 is 89.0 Å². The van der Waals surface area contributed by atoms with Crippen molar-refractivity contribution >= 4 is 75.5 Å². The first-order valence-corrected chi connectivity index (χ1v) is 35.6. The molecule has 2 saturated heterocycles. The zero-order valence-corrected chi connectivity index (χ0v) is 59.9. The van der Waals surface area contributed by atoms with E-state index < -0.39 is 17.3 Å². The molecule has 30 heteroatoms. The number of nitrogens with one attached hydrogen (secondary N) is 5. The lowest BCUT2D eigenvalue weighted by Crippen LogP contribution is -2.39. The molecule has 6 amide bonds. The van der Waals surface area contributed by atoms with Crippen LogP contribution in [-0.2, 0) is 52.3 Å². The van der Waals surface area contributed by atoms with Crippen molar-refractivity contribution in [3.63, 3.8) is 0 Å². The van der Waals surface area contributed by atoms with Gasteiger partial charge in [-0.1, -0.05) is 31.4 Å². The van der Waals surface area contributed by atoms with Crippen molar-refractivity contribution in [2.75, 3.05) is 177 Å². The van der Waals surface area contributed by atoms with Crippen molar-refractivity contribution in [1.82, 2.24) is 36.1 Å². The van der Waals surface area contributed by atoms with Gasteiger partial charge in [0.1, 0.15) is 31.2 Å². The standard InChI is InChI=1S/C71H100N12O17S/c1-71(2)45-57(84)66(58(85)46-71)55(20-28-93-32-36-97-40-41-99-37-33-94-29-24-75-62(86)11-8-7-10-61-67-56(47-101-61)78-70(92)79-67)73-21-9-22-74-63(87)19-26-83(27-31-96-35-39-98-38-34-95-30-25-77-80-72)64(88)18-23-76-68(89)48-12-15-51(54(42-48)69(90)91)65-52-16-13-49(81(3)4)43-59(52)100-60-44-50(82(5)6)14-17-53(60)65/h12-17,42-44,56,61,67H,7-11,18-41,45-47H2,1-6H3,(H6-,73,74,75,76,78,79,84,85,86,87,89,90,91,92)/t56-,61+,67-/m0/s1. The van der Waals surface area contributed by atoms with Crippen LogP contribution in [0.2, 0.25) is 0 Å². The van der Waals surface area contributed by atoms with Gasteiger partial charge in [0.15, 0.2) is 5.78 Å². The Morgan fingerprint density at radius 3 is 2.07 bits per heavy atom. The first-order chi connectivity index (χ1) is 48.7. The Morgan fingerprint density at radius 2 is 1.39 bits per heavy atom. The number of aliphatic hydroxyl groups is 1. The quantitative estimate of drug-likeness (QED) is 0.00505. The van der Waals surface area contributed by atoms with E-state index in [0.717, 1.165) is 36.1 Å². The Morgan fingerprint density at radius 1 is 0.723 bits per heavy atom. The molecule has 0 unspecified atom stereocenters. The van der Waals surface area contributed by atoms with Crippen LogP contribution in [0.5, 0.6) is 0 Å². The highest BCUT2D eigenvalue weighted by atomic mass is 32.2. The monoisotopic (exact) mass is 1420 g/mol. The number of unbranched alkanes of at least 4 members (excludes halogenated alkanes) is 1. The number of anilines is 1. The van der Waals surface area contributed by atoms with E-state index >= 15 is 0 Å². The fraction of sp³-hybridized carbons (Fsp3) is 0.592. The van der Waals surface area contributed by atoms with Crippen molar-refractivity contribution in [2.45, 2.75) is 95.4 Å². The minimum absolute atomic E-state index is 0.00768. The number of benzene rings is 3. The summed E-state index contributed by atoms with van der Waals surface area (Å²) in [6, 6.07) is 16.0. The molecule has 3 heterocycles. The fourth-order valence-corrected chi connectivity index (χ4v) is 13.4. The number of urea groups is 1. The molecule has 0 radical (unpaired) electrons. The summed E-state index contributed by atoms with van der Waals surface area (Å²) in [6.45, 7) is 8.89. The van der Waals surface area contributed by atoms with E-state index in [-0.39, 0.29) is 175 Å². The summed E-state index contributed by atoms with van der Waals surface area (Å²) in [7, 11) is 7.63. The van der Waals surface area contributed by atoms with Gasteiger partial charge in [0.2, 0.25) is 23.1 Å². The van der Waals surface area contributed by atoms with Crippen molar-refractivity contribution in [1.29, 1.82) is 0 Å². The third kappa shape index (κ3) is 26.3. The predicted octanol–water partition coefficient (Wildman–Crippen LogP) is 4.81. The van der Waals surface area contributed by atoms with Crippen molar-refractivity contribution in [3.05, 3.63) is 92.9 Å². The number of aromatic carboxylic acids is 1. The van der Waals surface area contributed by atoms with Gasteiger partial charge in [0.25, 0.3) is 5.91 Å². The summed E-state index contributed by atoms with van der Waals surface area (Å²) < 4.78 is 47.7. The molecule has 2 aliphatic carbocycles. The number of hydrogen-bond acceptors (Lipinski definition) is 21. The lowest BCUT2D eigenvalue weighted by Gasteiger charge is -2.30. The largest absolute Gasteiger partial charge is 0.545 e. The van der Waals surface area contributed by atoms with Crippen LogP contribution in [0, 0.1) is 5.41 Å². The Labute approximate surface area is 593 Å². The van der Waals surface area contributed by atoms with E-state index in [1.54, 1.807) is 6.07 Å². The number of nitrogens with zero attached hydrogens (tertiary/aromatic N) is 7. The number of rotatable bonds is 47. The van der Waals surface area contributed by atoms with Crippen LogP contribution in [0.15, 0.2) is 80.5 Å². The summed E-state index contributed by atoms with van der Waals surface area (Å²) in [5.41, 5.74) is 11.4. The molecule has 0 saturated carbocycles. The van der Waals surface area contributed by atoms with Gasteiger partial charge in [-0.2, -0.15) is 11.8 Å². The van der Waals surface area contributed by atoms with E-state index in [1.807, 2.05) is 99.7 Å². The summed E-state index contributed by atoms with van der Waals surface area (Å²) in [5, 5.41) is 43.9. The third-order valence-electron chi connectivity index (χ3n) is 17.1. The predicted molar refractivity (Wildman–Crippen MR) is 381 cm³/mol. The van der Waals surface area contributed by atoms with Crippen molar-refractivity contribution < 1.29 is 81.4 Å². The van der Waals surface area contributed by atoms with Crippen LogP contribution in [0.3, 0.4) is 0 Å². The van der Waals surface area contributed by atoms with E-state index in [4.69, 9.17) is 48.1 Å². The van der Waals surface area contributed by atoms with Crippen LogP contribution in [0.1, 0.15) is 98.8 Å². The fourth-order valence-electron chi connectivity index (χ4n) is 11.9. The van der Waals surface area contributed by atoms with Crippen LogP contribution >= 0.6 is 11.8 Å². The SMILES string of the molecule is CN(C)c1ccc2c(-c3ccc(C(=O)NCCC(=O)N(CCOCCOCCOCCN=[N+]=[N-])CCC(=O)NCCCN=C(CCOCCOCCOCCOCCNC(=O)CCCC[C@H]4SC[C@@H]5NC(=O)N[C@@H]54)C4=C(O)CC(C)(C)CC4=O)cc3C(=O)[O-])c3ccc(=[N+](C)C)cc-3oc2c1. The number of hydrogen-bond donors (Lipinski definition) is 6. The van der Waals surface area contributed by atoms with Gasteiger partial charge in [0.05, 0.1) is 128 Å². The molecule has 2 aromatic rings. The number of azide groups is 1. The number of carbonyl (C=O) groups is 7. The Kier molecular flexibility index (Phi) is 33.5. The second-order valence-electron chi connectivity index (χ2n) is 25.8. The summed E-state index contributed by atoms with van der Waals surface area (Å²) in [5.74, 6) is -1.61. The highest BCUT2D eigenvalue weighted by Crippen LogP contribution is 2.43. The van der Waals surface area contributed by atoms with Crippen molar-refractivity contribution in [3.8, 4) is 22.5 Å². The number of carboxylic acids is 1. The molecule has 0 aromatic heterocycles. The molecule has 2 fully saturated rings. The second kappa shape index (κ2) is 42.3. The molecular formula is C71H100N12O17S. The Hall–Kier alpha value is -8.19. The van der Waals surface area contributed by atoms with Gasteiger partial charge in [0, 0.05) is 160 Å². The molecule has 3 atom stereocenters. The van der Waals surface area contributed by atoms with E-state index in [2.05, 4.69) is 36.6 Å². The highest BCUT2D eigenvalue weighted by molar-refractivity contribution is 8.00. The average molecular weight is 1430 g/mol. The van der Waals surface area contributed by atoms with Crippen LogP contribution < -0.4 is 46.5 Å². The average Bonchev–Trinajstić information content (AvgIpc) is 1.25. The maximum absolute atomic E-state index is 13.9. The number of aliphatic imine (C=N–C) groups is 1. The Balaban J connectivity index is 0.833. The maximum Gasteiger partial charge on any atom is 0.315 e. The number of Topliss-reactive ketones (excluding diaryl/α,β-unsaturated/α-hetero) is 1. The number of ketones is 1. The molecule has 101 heavy (non-hydrogen) atoms. The van der Waals surface area contributed by atoms with Gasteiger partial charge in [-0.25, -0.2) is 9.37 Å². The number of carbonyl (C=O) groups excluding carboxylic acids is 7. The summed E-state index contributed by atoms with van der Waals surface area (Å²) in [6.07, 6.45) is 4.11.